The number of fused-ring (bicyclic) bond motifs is 5. The highest BCUT2D eigenvalue weighted by molar-refractivity contribution is 9.10. The maximum atomic E-state index is 6.13. The van der Waals surface area contributed by atoms with Crippen molar-refractivity contribution in [3.8, 4) is 34.0 Å². The number of para-hydroxylation sites is 1. The number of rotatable bonds is 2. The number of halogens is 2. The van der Waals surface area contributed by atoms with Gasteiger partial charge in [-0.05, 0) is 54.4 Å². The highest BCUT2D eigenvalue weighted by atomic mass is 79.9. The average Bonchev–Trinajstić information content (AvgIpc) is 3.33. The third-order valence-electron chi connectivity index (χ3n) is 5.82. The van der Waals surface area contributed by atoms with Gasteiger partial charge in [-0.1, -0.05) is 57.9 Å². The molecule has 0 saturated carbocycles. The van der Waals surface area contributed by atoms with E-state index in [9.17, 15) is 0 Å². The molecule has 3 nitrogen and oxygen atoms in total. The summed E-state index contributed by atoms with van der Waals surface area (Å²) < 4.78 is 3.40. The molecule has 3 heterocycles. The normalized spacial score (nSPS) is 12.7. The Hall–Kier alpha value is -2.82. The molecule has 3 aromatic carbocycles. The summed E-state index contributed by atoms with van der Waals surface area (Å²) >= 11 is 9.68. The van der Waals surface area contributed by atoms with E-state index in [1.807, 2.05) is 24.3 Å². The molecule has 0 bridgehead atoms. The fourth-order valence-corrected chi connectivity index (χ4v) is 4.83. The second-order valence-corrected chi connectivity index (χ2v) is 8.92. The fraction of sp³-hybridized carbons (Fsp3) is 0.0800. The number of hydrogen-bond acceptors (Lipinski definition) is 1. The van der Waals surface area contributed by atoms with Gasteiger partial charge in [-0.25, -0.2) is 4.98 Å². The van der Waals surface area contributed by atoms with Crippen molar-refractivity contribution < 1.29 is 0 Å². The number of benzene rings is 3. The van der Waals surface area contributed by atoms with E-state index in [1.54, 1.807) is 0 Å². The molecule has 0 saturated heterocycles. The smallest absolute Gasteiger partial charge is 0.141 e. The first-order chi connectivity index (χ1) is 14.7. The Morgan fingerprint density at radius 3 is 2.43 bits per heavy atom. The second kappa shape index (κ2) is 6.86. The molecule has 6 rings (SSSR count). The molecular formula is C25H17BrClN3. The number of H-pyrrole nitrogens is 1. The lowest BCUT2D eigenvalue weighted by Gasteiger charge is -2.19. The van der Waals surface area contributed by atoms with Crippen LogP contribution in [0, 0.1) is 0 Å². The highest BCUT2D eigenvalue weighted by Gasteiger charge is 2.28. The summed E-state index contributed by atoms with van der Waals surface area (Å²) in [6.07, 6.45) is 0.975. The summed E-state index contributed by atoms with van der Waals surface area (Å²) in [7, 11) is 0. The van der Waals surface area contributed by atoms with Crippen molar-refractivity contribution in [1.82, 2.24) is 14.5 Å². The van der Waals surface area contributed by atoms with Crippen molar-refractivity contribution in [2.24, 2.45) is 0 Å². The van der Waals surface area contributed by atoms with Gasteiger partial charge in [0.05, 0.1) is 17.1 Å². The Morgan fingerprint density at radius 1 is 0.900 bits per heavy atom. The summed E-state index contributed by atoms with van der Waals surface area (Å²) in [6.45, 7) is 0.895. The van der Waals surface area contributed by atoms with E-state index in [4.69, 9.17) is 16.6 Å². The largest absolute Gasteiger partial charge is 0.353 e. The van der Waals surface area contributed by atoms with Crippen molar-refractivity contribution in [3.05, 3.63) is 87.9 Å². The third-order valence-corrected chi connectivity index (χ3v) is 6.60. The van der Waals surface area contributed by atoms with Crippen LogP contribution in [-0.4, -0.2) is 14.5 Å². The second-order valence-electron chi connectivity index (χ2n) is 7.57. The van der Waals surface area contributed by atoms with E-state index in [-0.39, 0.29) is 0 Å². The molecule has 2 aromatic heterocycles. The number of aryl methyl sites for hydroxylation is 1. The van der Waals surface area contributed by atoms with Gasteiger partial charge in [-0.15, -0.1) is 0 Å². The predicted octanol–water partition coefficient (Wildman–Crippen LogP) is 7.34. The van der Waals surface area contributed by atoms with Crippen molar-refractivity contribution in [1.29, 1.82) is 0 Å². The van der Waals surface area contributed by atoms with Gasteiger partial charge in [0.25, 0.3) is 0 Å². The number of imidazole rings is 1. The van der Waals surface area contributed by atoms with E-state index < -0.39 is 0 Å². The molecule has 5 heteroatoms. The highest BCUT2D eigenvalue weighted by Crippen LogP contribution is 2.42. The number of hydrogen-bond donors (Lipinski definition) is 1. The molecule has 1 aliphatic heterocycles. The van der Waals surface area contributed by atoms with Crippen molar-refractivity contribution >= 4 is 38.4 Å². The van der Waals surface area contributed by atoms with E-state index in [0.29, 0.717) is 0 Å². The fourth-order valence-electron chi connectivity index (χ4n) is 4.44. The molecule has 0 amide bonds. The van der Waals surface area contributed by atoms with Crippen LogP contribution >= 0.6 is 27.5 Å². The molecule has 0 unspecified atom stereocenters. The minimum absolute atomic E-state index is 0.732. The number of nitrogens with zero attached hydrogens (tertiary/aromatic N) is 2. The lowest BCUT2D eigenvalue weighted by Crippen LogP contribution is -2.11. The van der Waals surface area contributed by atoms with Gasteiger partial charge in [-0.3, -0.25) is 0 Å². The molecule has 30 heavy (non-hydrogen) atoms. The first-order valence-corrected chi connectivity index (χ1v) is 11.1. The summed E-state index contributed by atoms with van der Waals surface area (Å²) in [5, 5.41) is 2.03. The van der Waals surface area contributed by atoms with Crippen LogP contribution < -0.4 is 0 Å². The SMILES string of the molecule is Clc1ccc(-c2nc(-c3ccc(Br)cc3)c3n2CCc2c-3[nH]c3ccccc23)cc1. The molecule has 5 aromatic rings. The summed E-state index contributed by atoms with van der Waals surface area (Å²) in [4.78, 5) is 8.82. The van der Waals surface area contributed by atoms with Crippen LogP contribution in [0.2, 0.25) is 5.02 Å². The Morgan fingerprint density at radius 2 is 1.63 bits per heavy atom. The maximum absolute atomic E-state index is 6.13. The minimum atomic E-state index is 0.732. The molecule has 1 aliphatic rings. The van der Waals surface area contributed by atoms with Crippen molar-refractivity contribution in [2.75, 3.05) is 0 Å². The Bertz CT molecular complexity index is 1400. The van der Waals surface area contributed by atoms with Crippen molar-refractivity contribution in [3.63, 3.8) is 0 Å². The van der Waals surface area contributed by atoms with Gasteiger partial charge in [0.1, 0.15) is 5.82 Å². The van der Waals surface area contributed by atoms with E-state index >= 15 is 0 Å². The molecule has 0 radical (unpaired) electrons. The molecule has 0 spiro atoms. The van der Waals surface area contributed by atoms with Crippen LogP contribution in [0.15, 0.2) is 77.3 Å². The van der Waals surface area contributed by atoms with Crippen LogP contribution in [0.1, 0.15) is 5.56 Å². The van der Waals surface area contributed by atoms with Crippen molar-refractivity contribution in [2.45, 2.75) is 13.0 Å². The molecule has 0 aliphatic carbocycles. The Labute approximate surface area is 187 Å². The van der Waals surface area contributed by atoms with Crippen LogP contribution in [0.3, 0.4) is 0 Å². The lowest BCUT2D eigenvalue weighted by atomic mass is 9.99. The quantitative estimate of drug-likeness (QED) is 0.285. The van der Waals surface area contributed by atoms with E-state index in [1.165, 1.54) is 22.2 Å². The monoisotopic (exact) mass is 473 g/mol. The first kappa shape index (κ1) is 18.0. The zero-order valence-electron chi connectivity index (χ0n) is 16.0. The summed E-state index contributed by atoms with van der Waals surface area (Å²) in [5.74, 6) is 0.976. The van der Waals surface area contributed by atoms with Crippen LogP contribution in [0.5, 0.6) is 0 Å². The summed E-state index contributed by atoms with van der Waals surface area (Å²) in [6, 6.07) is 24.9. The standard InChI is InChI=1S/C25H17BrClN3/c26-17-9-5-15(6-10-17)22-24-23-20(19-3-1-2-4-21(19)28-23)13-14-30(24)25(29-22)16-7-11-18(27)12-8-16/h1-12,28H,13-14H2. The predicted molar refractivity (Wildman–Crippen MR) is 127 cm³/mol. The number of aromatic nitrogens is 3. The zero-order valence-corrected chi connectivity index (χ0v) is 18.3. The Kier molecular flexibility index (Phi) is 4.12. The molecule has 146 valence electrons. The van der Waals surface area contributed by atoms with Crippen LogP contribution in [0.25, 0.3) is 44.9 Å². The van der Waals surface area contributed by atoms with E-state index in [0.717, 1.165) is 50.8 Å². The molecular weight excluding hydrogens is 458 g/mol. The lowest BCUT2D eigenvalue weighted by molar-refractivity contribution is 0.693. The van der Waals surface area contributed by atoms with Gasteiger partial charge >= 0.3 is 0 Å². The molecule has 1 N–H and O–H groups in total. The van der Waals surface area contributed by atoms with Gasteiger partial charge in [0.2, 0.25) is 0 Å². The first-order valence-electron chi connectivity index (χ1n) is 9.91. The Balaban J connectivity index is 1.65. The average molecular weight is 475 g/mol. The van der Waals surface area contributed by atoms with Crippen LogP contribution in [0.4, 0.5) is 0 Å². The number of aromatic amines is 1. The summed E-state index contributed by atoms with van der Waals surface area (Å²) in [5.41, 5.74) is 8.05. The number of nitrogens with one attached hydrogen (secondary N) is 1. The molecule has 0 atom stereocenters. The third kappa shape index (κ3) is 2.75. The van der Waals surface area contributed by atoms with E-state index in [2.05, 4.69) is 74.0 Å². The minimum Gasteiger partial charge on any atom is -0.353 e. The van der Waals surface area contributed by atoms with Gasteiger partial charge < -0.3 is 9.55 Å². The van der Waals surface area contributed by atoms with Gasteiger partial charge in [-0.2, -0.15) is 0 Å². The topological polar surface area (TPSA) is 33.6 Å². The van der Waals surface area contributed by atoms with Gasteiger partial charge in [0.15, 0.2) is 0 Å². The van der Waals surface area contributed by atoms with Crippen LogP contribution in [-0.2, 0) is 13.0 Å². The molecule has 0 fully saturated rings. The zero-order chi connectivity index (χ0) is 20.2. The van der Waals surface area contributed by atoms with Gasteiger partial charge in [0, 0.05) is 38.1 Å². The maximum Gasteiger partial charge on any atom is 0.141 e.